The lowest BCUT2D eigenvalue weighted by Crippen LogP contribution is -2.04. The smallest absolute Gasteiger partial charge is 0.338 e. The Morgan fingerprint density at radius 1 is 1.22 bits per heavy atom. The molecule has 0 aliphatic heterocycles. The number of methoxy groups -OCH3 is 1. The predicted octanol–water partition coefficient (Wildman–Crippen LogP) is 2.55. The van der Waals surface area contributed by atoms with Gasteiger partial charge in [0.15, 0.2) is 5.75 Å². The molecule has 6 heteroatoms. The van der Waals surface area contributed by atoms with Gasteiger partial charge in [0.1, 0.15) is 18.2 Å². The highest BCUT2D eigenvalue weighted by Crippen LogP contribution is 2.22. The second-order valence-electron chi connectivity index (χ2n) is 4.66. The Bertz CT molecular complexity index is 698. The average Bonchev–Trinajstić information content (AvgIpc) is 2.99. The molecule has 2 aromatic rings. The van der Waals surface area contributed by atoms with Crippen molar-refractivity contribution in [1.29, 1.82) is 5.26 Å². The Hall–Kier alpha value is -2.78. The molecule has 0 radical (unpaired) electrons. The van der Waals surface area contributed by atoms with E-state index >= 15 is 0 Å². The van der Waals surface area contributed by atoms with Crippen LogP contribution in [-0.2, 0) is 9.47 Å². The molecule has 23 heavy (non-hydrogen) atoms. The van der Waals surface area contributed by atoms with Crippen LogP contribution in [0, 0.1) is 11.3 Å². The molecule has 120 valence electrons. The second kappa shape index (κ2) is 8.01. The van der Waals surface area contributed by atoms with Gasteiger partial charge < -0.3 is 18.8 Å². The van der Waals surface area contributed by atoms with E-state index < -0.39 is 0 Å². The van der Waals surface area contributed by atoms with Crippen LogP contribution in [-0.4, -0.2) is 37.5 Å². The molecule has 1 aromatic carbocycles. The molecule has 2 rings (SSSR count). The van der Waals surface area contributed by atoms with E-state index in [-0.39, 0.29) is 5.97 Å². The van der Waals surface area contributed by atoms with E-state index in [0.717, 1.165) is 5.69 Å². The highest BCUT2D eigenvalue weighted by molar-refractivity contribution is 5.89. The van der Waals surface area contributed by atoms with Gasteiger partial charge in [-0.3, -0.25) is 0 Å². The zero-order chi connectivity index (χ0) is 16.7. The molecule has 0 N–H and O–H groups in total. The van der Waals surface area contributed by atoms with Crippen molar-refractivity contribution in [1.82, 2.24) is 4.57 Å². The number of hydrogen-bond donors (Lipinski definition) is 0. The van der Waals surface area contributed by atoms with Gasteiger partial charge in [-0.25, -0.2) is 4.79 Å². The summed E-state index contributed by atoms with van der Waals surface area (Å²) in [5.41, 5.74) is 1.74. The van der Waals surface area contributed by atoms with Crippen LogP contribution in [0.3, 0.4) is 0 Å². The van der Waals surface area contributed by atoms with Gasteiger partial charge in [0, 0.05) is 19.0 Å². The van der Waals surface area contributed by atoms with Crippen molar-refractivity contribution in [2.24, 2.45) is 0 Å². The highest BCUT2D eigenvalue weighted by Gasteiger charge is 2.10. The predicted molar refractivity (Wildman–Crippen MR) is 83.8 cm³/mol. The van der Waals surface area contributed by atoms with E-state index in [1.165, 1.54) is 0 Å². The highest BCUT2D eigenvalue weighted by atomic mass is 16.5. The number of rotatable bonds is 7. The fraction of sp³-hybridized carbons (Fsp3) is 0.294. The third-order valence-corrected chi connectivity index (χ3v) is 3.13. The maximum absolute atomic E-state index is 11.6. The number of benzene rings is 1. The molecule has 0 saturated heterocycles. The van der Waals surface area contributed by atoms with Crippen LogP contribution in [0.5, 0.6) is 5.75 Å². The zero-order valence-electron chi connectivity index (χ0n) is 13.1. The van der Waals surface area contributed by atoms with Gasteiger partial charge in [-0.05, 0) is 31.2 Å². The third kappa shape index (κ3) is 4.11. The largest absolute Gasteiger partial charge is 0.488 e. The lowest BCUT2D eigenvalue weighted by Gasteiger charge is -2.05. The van der Waals surface area contributed by atoms with E-state index in [1.54, 1.807) is 55.3 Å². The first kappa shape index (κ1) is 16.6. The van der Waals surface area contributed by atoms with Crippen molar-refractivity contribution in [2.75, 3.05) is 26.9 Å². The minimum absolute atomic E-state index is 0.339. The van der Waals surface area contributed by atoms with Gasteiger partial charge in [0.05, 0.1) is 25.0 Å². The molecular formula is C17H18N2O4. The van der Waals surface area contributed by atoms with E-state index in [4.69, 9.17) is 14.2 Å². The lowest BCUT2D eigenvalue weighted by atomic mass is 10.2. The fourth-order valence-electron chi connectivity index (χ4n) is 2.00. The number of ether oxygens (including phenoxy) is 3. The Kier molecular flexibility index (Phi) is 5.78. The van der Waals surface area contributed by atoms with Gasteiger partial charge in [-0.1, -0.05) is 0 Å². The first-order valence-electron chi connectivity index (χ1n) is 7.21. The van der Waals surface area contributed by atoms with Gasteiger partial charge in [0.2, 0.25) is 0 Å². The molecule has 1 aromatic heterocycles. The summed E-state index contributed by atoms with van der Waals surface area (Å²) in [6.07, 6.45) is 3.41. The minimum Gasteiger partial charge on any atom is -0.488 e. The Balaban J connectivity index is 2.18. The van der Waals surface area contributed by atoms with Crippen molar-refractivity contribution >= 4 is 5.97 Å². The van der Waals surface area contributed by atoms with Crippen molar-refractivity contribution in [2.45, 2.75) is 6.92 Å². The number of aromatic nitrogens is 1. The molecule has 1 heterocycles. The Morgan fingerprint density at radius 2 is 1.96 bits per heavy atom. The quantitative estimate of drug-likeness (QED) is 0.580. The summed E-state index contributed by atoms with van der Waals surface area (Å²) >= 11 is 0. The summed E-state index contributed by atoms with van der Waals surface area (Å²) in [6.45, 7) is 2.92. The van der Waals surface area contributed by atoms with Crippen LogP contribution in [0.1, 0.15) is 22.8 Å². The second-order valence-corrected chi connectivity index (χ2v) is 4.66. The van der Waals surface area contributed by atoms with E-state index in [0.29, 0.717) is 36.7 Å². The molecule has 6 nitrogen and oxygen atoms in total. The number of nitriles is 1. The van der Waals surface area contributed by atoms with E-state index in [9.17, 15) is 10.1 Å². The van der Waals surface area contributed by atoms with Gasteiger partial charge in [-0.2, -0.15) is 5.26 Å². The SMILES string of the molecule is CCOC(=O)c1ccc(-n2cc(C#N)c(OCCOC)c2)cc1. The average molecular weight is 314 g/mol. The van der Waals surface area contributed by atoms with Crippen LogP contribution in [0.2, 0.25) is 0 Å². The maximum atomic E-state index is 11.6. The van der Waals surface area contributed by atoms with Gasteiger partial charge in [0.25, 0.3) is 0 Å². The number of carbonyl (C=O) groups excluding carboxylic acids is 1. The molecule has 0 unspecified atom stereocenters. The Labute approximate surface area is 134 Å². The standard InChI is InChI=1S/C17H18N2O4/c1-3-22-17(20)13-4-6-15(7-5-13)19-11-14(10-18)16(12-19)23-9-8-21-2/h4-7,11-12H,3,8-9H2,1-2H3. The monoisotopic (exact) mass is 314 g/mol. The molecule has 0 aliphatic carbocycles. The summed E-state index contributed by atoms with van der Waals surface area (Å²) in [6, 6.07) is 9.04. The number of esters is 1. The molecular weight excluding hydrogens is 296 g/mol. The number of carbonyl (C=O) groups is 1. The zero-order valence-corrected chi connectivity index (χ0v) is 13.1. The summed E-state index contributed by atoms with van der Waals surface area (Å²) in [7, 11) is 1.59. The molecule has 0 amide bonds. The first-order valence-corrected chi connectivity index (χ1v) is 7.21. The normalized spacial score (nSPS) is 10.1. The molecule has 0 atom stereocenters. The summed E-state index contributed by atoms with van der Waals surface area (Å²) in [5.74, 6) is 0.145. The van der Waals surface area contributed by atoms with Gasteiger partial charge >= 0.3 is 5.97 Å². The Morgan fingerprint density at radius 3 is 2.57 bits per heavy atom. The van der Waals surface area contributed by atoms with Crippen LogP contribution >= 0.6 is 0 Å². The molecule has 0 saturated carbocycles. The molecule has 0 aliphatic rings. The fourth-order valence-corrected chi connectivity index (χ4v) is 2.00. The summed E-state index contributed by atoms with van der Waals surface area (Å²) < 4.78 is 17.2. The molecule has 0 spiro atoms. The summed E-state index contributed by atoms with van der Waals surface area (Å²) in [4.78, 5) is 11.6. The lowest BCUT2D eigenvalue weighted by molar-refractivity contribution is 0.0526. The van der Waals surface area contributed by atoms with E-state index in [2.05, 4.69) is 6.07 Å². The van der Waals surface area contributed by atoms with Gasteiger partial charge in [-0.15, -0.1) is 0 Å². The van der Waals surface area contributed by atoms with Crippen LogP contribution in [0.15, 0.2) is 36.7 Å². The van der Waals surface area contributed by atoms with Crippen LogP contribution in [0.25, 0.3) is 5.69 Å². The number of nitrogens with zero attached hydrogens (tertiary/aromatic N) is 2. The van der Waals surface area contributed by atoms with Crippen LogP contribution in [0.4, 0.5) is 0 Å². The first-order chi connectivity index (χ1) is 11.2. The summed E-state index contributed by atoms with van der Waals surface area (Å²) in [5, 5.41) is 9.18. The van der Waals surface area contributed by atoms with Crippen LogP contribution < -0.4 is 4.74 Å². The van der Waals surface area contributed by atoms with Crippen molar-refractivity contribution in [3.63, 3.8) is 0 Å². The van der Waals surface area contributed by atoms with E-state index in [1.807, 2.05) is 0 Å². The van der Waals surface area contributed by atoms with Crippen molar-refractivity contribution in [3.8, 4) is 17.5 Å². The van der Waals surface area contributed by atoms with Crippen molar-refractivity contribution in [3.05, 3.63) is 47.8 Å². The third-order valence-electron chi connectivity index (χ3n) is 3.13. The molecule has 0 bridgehead atoms. The minimum atomic E-state index is -0.354. The number of hydrogen-bond acceptors (Lipinski definition) is 5. The maximum Gasteiger partial charge on any atom is 0.338 e. The van der Waals surface area contributed by atoms with Crippen molar-refractivity contribution < 1.29 is 19.0 Å². The molecule has 0 fully saturated rings. The topological polar surface area (TPSA) is 73.5 Å².